The maximum atomic E-state index is 12.3. The van der Waals surface area contributed by atoms with Gasteiger partial charge in [-0.15, -0.1) is 0 Å². The number of aryl methyl sites for hydroxylation is 1. The van der Waals surface area contributed by atoms with Crippen LogP contribution in [0.4, 0.5) is 11.4 Å². The van der Waals surface area contributed by atoms with Crippen molar-refractivity contribution in [2.24, 2.45) is 7.05 Å². The summed E-state index contributed by atoms with van der Waals surface area (Å²) in [4.78, 5) is 13.9. The maximum Gasteiger partial charge on any atom is 0.255 e. The molecule has 2 aromatic rings. The normalized spacial score (nSPS) is 10.4. The molecule has 1 aromatic carbocycles. The number of hydrogen-bond donors (Lipinski definition) is 2. The van der Waals surface area contributed by atoms with E-state index in [9.17, 15) is 4.79 Å². The minimum atomic E-state index is -0.138. The zero-order valence-electron chi connectivity index (χ0n) is 11.0. The van der Waals surface area contributed by atoms with Crippen molar-refractivity contribution in [3.05, 3.63) is 41.7 Å². The van der Waals surface area contributed by atoms with E-state index in [1.54, 1.807) is 41.0 Å². The van der Waals surface area contributed by atoms with Crippen LogP contribution in [0.5, 0.6) is 0 Å². The van der Waals surface area contributed by atoms with Crippen molar-refractivity contribution in [1.82, 2.24) is 14.7 Å². The van der Waals surface area contributed by atoms with Crippen LogP contribution in [0.15, 0.2) is 30.6 Å². The van der Waals surface area contributed by atoms with E-state index in [4.69, 9.17) is 11.5 Å². The Morgan fingerprint density at radius 2 is 2.16 bits per heavy atom. The summed E-state index contributed by atoms with van der Waals surface area (Å²) in [6.45, 7) is 0.483. The van der Waals surface area contributed by atoms with Gasteiger partial charge in [-0.2, -0.15) is 5.10 Å². The van der Waals surface area contributed by atoms with Gasteiger partial charge < -0.3 is 16.4 Å². The summed E-state index contributed by atoms with van der Waals surface area (Å²) in [6, 6.07) is 4.90. The third-order valence-electron chi connectivity index (χ3n) is 2.83. The van der Waals surface area contributed by atoms with E-state index in [1.165, 1.54) is 0 Å². The van der Waals surface area contributed by atoms with Crippen molar-refractivity contribution in [2.45, 2.75) is 6.54 Å². The summed E-state index contributed by atoms with van der Waals surface area (Å²) in [6.07, 6.45) is 3.60. The predicted molar refractivity (Wildman–Crippen MR) is 74.3 cm³/mol. The van der Waals surface area contributed by atoms with Crippen LogP contribution in [0, 0.1) is 0 Å². The van der Waals surface area contributed by atoms with Crippen molar-refractivity contribution in [3.8, 4) is 0 Å². The first-order chi connectivity index (χ1) is 8.97. The monoisotopic (exact) mass is 259 g/mol. The van der Waals surface area contributed by atoms with E-state index in [-0.39, 0.29) is 5.91 Å². The number of nitrogen functional groups attached to an aromatic ring is 2. The molecule has 0 aliphatic rings. The number of amides is 1. The summed E-state index contributed by atoms with van der Waals surface area (Å²) in [5, 5.41) is 4.07. The van der Waals surface area contributed by atoms with E-state index >= 15 is 0 Å². The lowest BCUT2D eigenvalue weighted by Gasteiger charge is -2.17. The molecule has 0 aliphatic carbocycles. The summed E-state index contributed by atoms with van der Waals surface area (Å²) in [5.41, 5.74) is 13.8. The molecule has 6 nitrogen and oxygen atoms in total. The molecule has 0 fully saturated rings. The first kappa shape index (κ1) is 12.9. The standard InChI is InChI=1S/C13H17N5O/c1-17(7-9-6-16-18(2)8-9)13(19)11-4-3-10(14)5-12(11)15/h3-6,8H,7,14-15H2,1-2H3. The molecule has 0 bridgehead atoms. The van der Waals surface area contributed by atoms with Gasteiger partial charge in [0.05, 0.1) is 11.8 Å². The molecule has 0 aliphatic heterocycles. The number of rotatable bonds is 3. The highest BCUT2D eigenvalue weighted by molar-refractivity contribution is 5.99. The van der Waals surface area contributed by atoms with Crippen molar-refractivity contribution in [3.63, 3.8) is 0 Å². The van der Waals surface area contributed by atoms with Crippen LogP contribution in [-0.4, -0.2) is 27.6 Å². The minimum Gasteiger partial charge on any atom is -0.399 e. The van der Waals surface area contributed by atoms with Crippen LogP contribution in [-0.2, 0) is 13.6 Å². The Morgan fingerprint density at radius 1 is 1.42 bits per heavy atom. The smallest absolute Gasteiger partial charge is 0.255 e. The number of hydrogen-bond acceptors (Lipinski definition) is 4. The highest BCUT2D eigenvalue weighted by Gasteiger charge is 2.15. The molecule has 0 saturated heterocycles. The van der Waals surface area contributed by atoms with E-state index in [0.29, 0.717) is 23.5 Å². The Bertz CT molecular complexity index is 605. The number of carbonyl (C=O) groups excluding carboxylic acids is 1. The summed E-state index contributed by atoms with van der Waals surface area (Å²) in [7, 11) is 3.56. The third-order valence-corrected chi connectivity index (χ3v) is 2.83. The quantitative estimate of drug-likeness (QED) is 0.800. The minimum absolute atomic E-state index is 0.138. The van der Waals surface area contributed by atoms with Gasteiger partial charge in [-0.25, -0.2) is 0 Å². The number of anilines is 2. The molecular weight excluding hydrogens is 242 g/mol. The van der Waals surface area contributed by atoms with Crippen molar-refractivity contribution in [2.75, 3.05) is 18.5 Å². The first-order valence-electron chi connectivity index (χ1n) is 5.85. The fraction of sp³-hybridized carbons (Fsp3) is 0.231. The van der Waals surface area contributed by atoms with Crippen LogP contribution in [0.1, 0.15) is 15.9 Å². The van der Waals surface area contributed by atoms with E-state index < -0.39 is 0 Å². The second kappa shape index (κ2) is 5.01. The van der Waals surface area contributed by atoms with Crippen molar-refractivity contribution < 1.29 is 4.79 Å². The van der Waals surface area contributed by atoms with Gasteiger partial charge in [0.1, 0.15) is 0 Å². The van der Waals surface area contributed by atoms with Crippen LogP contribution < -0.4 is 11.5 Å². The van der Waals surface area contributed by atoms with Crippen molar-refractivity contribution >= 4 is 17.3 Å². The lowest BCUT2D eigenvalue weighted by atomic mass is 10.1. The third kappa shape index (κ3) is 2.85. The largest absolute Gasteiger partial charge is 0.399 e. The van der Waals surface area contributed by atoms with Gasteiger partial charge >= 0.3 is 0 Å². The SMILES string of the molecule is CN(Cc1cnn(C)c1)C(=O)c1ccc(N)cc1N. The number of aromatic nitrogens is 2. The number of benzene rings is 1. The molecule has 1 amide bonds. The average Bonchev–Trinajstić information content (AvgIpc) is 2.74. The molecule has 100 valence electrons. The lowest BCUT2D eigenvalue weighted by molar-refractivity contribution is 0.0786. The second-order valence-corrected chi connectivity index (χ2v) is 4.53. The fourth-order valence-corrected chi connectivity index (χ4v) is 1.88. The van der Waals surface area contributed by atoms with Gasteiger partial charge in [0.25, 0.3) is 5.91 Å². The van der Waals surface area contributed by atoms with Gasteiger partial charge in [0, 0.05) is 43.8 Å². The zero-order chi connectivity index (χ0) is 14.0. The summed E-state index contributed by atoms with van der Waals surface area (Å²) >= 11 is 0. The predicted octanol–water partition coefficient (Wildman–Crippen LogP) is 0.857. The Morgan fingerprint density at radius 3 is 2.74 bits per heavy atom. The fourth-order valence-electron chi connectivity index (χ4n) is 1.88. The first-order valence-corrected chi connectivity index (χ1v) is 5.85. The molecule has 19 heavy (non-hydrogen) atoms. The zero-order valence-corrected chi connectivity index (χ0v) is 11.0. The van der Waals surface area contributed by atoms with Gasteiger partial charge in [-0.3, -0.25) is 9.48 Å². The van der Waals surface area contributed by atoms with Crippen LogP contribution >= 0.6 is 0 Å². The molecule has 0 saturated carbocycles. The highest BCUT2D eigenvalue weighted by Crippen LogP contribution is 2.18. The molecule has 4 N–H and O–H groups in total. The molecule has 1 heterocycles. The van der Waals surface area contributed by atoms with E-state index in [1.807, 2.05) is 13.2 Å². The molecule has 0 spiro atoms. The topological polar surface area (TPSA) is 90.2 Å². The Balaban J connectivity index is 2.14. The lowest BCUT2D eigenvalue weighted by Crippen LogP contribution is -2.26. The molecule has 6 heteroatoms. The van der Waals surface area contributed by atoms with Crippen LogP contribution in [0.3, 0.4) is 0 Å². The van der Waals surface area contributed by atoms with Crippen LogP contribution in [0.25, 0.3) is 0 Å². The highest BCUT2D eigenvalue weighted by atomic mass is 16.2. The number of nitrogens with zero attached hydrogens (tertiary/aromatic N) is 3. The molecule has 0 radical (unpaired) electrons. The molecule has 0 atom stereocenters. The van der Waals surface area contributed by atoms with Crippen LogP contribution in [0.2, 0.25) is 0 Å². The Hall–Kier alpha value is -2.50. The van der Waals surface area contributed by atoms with Gasteiger partial charge in [0.15, 0.2) is 0 Å². The number of carbonyl (C=O) groups is 1. The van der Waals surface area contributed by atoms with Gasteiger partial charge in [-0.05, 0) is 18.2 Å². The maximum absolute atomic E-state index is 12.3. The Labute approximate surface area is 111 Å². The number of nitrogens with two attached hydrogens (primary N) is 2. The average molecular weight is 259 g/mol. The van der Waals surface area contributed by atoms with Gasteiger partial charge in [-0.1, -0.05) is 0 Å². The van der Waals surface area contributed by atoms with Crippen molar-refractivity contribution in [1.29, 1.82) is 0 Å². The summed E-state index contributed by atoms with van der Waals surface area (Å²) < 4.78 is 1.70. The second-order valence-electron chi connectivity index (χ2n) is 4.53. The Kier molecular flexibility index (Phi) is 3.41. The molecule has 2 rings (SSSR count). The van der Waals surface area contributed by atoms with Gasteiger partial charge in [0.2, 0.25) is 0 Å². The summed E-state index contributed by atoms with van der Waals surface area (Å²) in [5.74, 6) is -0.138. The molecular formula is C13H17N5O. The molecule has 1 aromatic heterocycles. The van der Waals surface area contributed by atoms with E-state index in [0.717, 1.165) is 5.56 Å². The molecule has 0 unspecified atom stereocenters. The van der Waals surface area contributed by atoms with E-state index in [2.05, 4.69) is 5.10 Å².